The molecule has 6 nitrogen and oxygen atoms in total. The minimum absolute atomic E-state index is 0.611. The Balaban J connectivity index is 1.87. The lowest BCUT2D eigenvalue weighted by molar-refractivity contribution is 0.501. The number of furan rings is 1. The van der Waals surface area contributed by atoms with Gasteiger partial charge in [-0.05, 0) is 18.6 Å². The predicted molar refractivity (Wildman–Crippen MR) is 78.3 cm³/mol. The van der Waals surface area contributed by atoms with Gasteiger partial charge in [0.25, 0.3) is 0 Å². The third-order valence-electron chi connectivity index (χ3n) is 3.01. The molecule has 0 saturated heterocycles. The highest BCUT2D eigenvalue weighted by Crippen LogP contribution is 2.06. The Morgan fingerprint density at radius 3 is 2.85 bits per heavy atom. The van der Waals surface area contributed by atoms with Crippen molar-refractivity contribution in [2.24, 2.45) is 12.0 Å². The first-order valence-corrected chi connectivity index (χ1v) is 6.71. The van der Waals surface area contributed by atoms with Crippen LogP contribution in [0.2, 0.25) is 0 Å². The monoisotopic (exact) mass is 275 g/mol. The van der Waals surface area contributed by atoms with Gasteiger partial charge in [0.05, 0.1) is 18.5 Å². The summed E-state index contributed by atoms with van der Waals surface area (Å²) in [5, 5.41) is 10.9. The molecule has 2 heterocycles. The van der Waals surface area contributed by atoms with Crippen molar-refractivity contribution in [2.45, 2.75) is 26.4 Å². The highest BCUT2D eigenvalue weighted by atomic mass is 16.3. The summed E-state index contributed by atoms with van der Waals surface area (Å²) < 4.78 is 7.11. The SMILES string of the molecule is CCc1nn(C)cc1CNC(=NC)NCc1ccco1. The van der Waals surface area contributed by atoms with Crippen molar-refractivity contribution in [1.29, 1.82) is 0 Å². The minimum atomic E-state index is 0.611. The van der Waals surface area contributed by atoms with Crippen molar-refractivity contribution in [3.8, 4) is 0 Å². The second-order valence-corrected chi connectivity index (χ2v) is 4.49. The molecule has 2 N–H and O–H groups in total. The quantitative estimate of drug-likeness (QED) is 0.640. The van der Waals surface area contributed by atoms with Crippen LogP contribution in [0.1, 0.15) is 23.9 Å². The molecule has 2 rings (SSSR count). The van der Waals surface area contributed by atoms with Gasteiger partial charge < -0.3 is 15.1 Å². The number of aliphatic imine (C=N–C) groups is 1. The van der Waals surface area contributed by atoms with Crippen LogP contribution in [0.4, 0.5) is 0 Å². The van der Waals surface area contributed by atoms with E-state index in [-0.39, 0.29) is 0 Å². The molecular formula is C14H21N5O. The molecule has 0 aromatic carbocycles. The highest BCUT2D eigenvalue weighted by molar-refractivity contribution is 5.79. The maximum atomic E-state index is 5.27. The molecule has 2 aromatic heterocycles. The van der Waals surface area contributed by atoms with E-state index < -0.39 is 0 Å². The van der Waals surface area contributed by atoms with Gasteiger partial charge in [0.2, 0.25) is 0 Å². The van der Waals surface area contributed by atoms with Crippen LogP contribution in [0.5, 0.6) is 0 Å². The van der Waals surface area contributed by atoms with Gasteiger partial charge in [0.15, 0.2) is 5.96 Å². The van der Waals surface area contributed by atoms with Crippen LogP contribution >= 0.6 is 0 Å². The van der Waals surface area contributed by atoms with Crippen molar-refractivity contribution in [3.05, 3.63) is 41.6 Å². The number of hydrogen-bond acceptors (Lipinski definition) is 3. The van der Waals surface area contributed by atoms with Crippen LogP contribution in [-0.2, 0) is 26.6 Å². The van der Waals surface area contributed by atoms with Gasteiger partial charge in [-0.3, -0.25) is 9.67 Å². The Labute approximate surface area is 118 Å². The van der Waals surface area contributed by atoms with Gasteiger partial charge in [-0.25, -0.2) is 0 Å². The van der Waals surface area contributed by atoms with E-state index in [1.54, 1.807) is 13.3 Å². The van der Waals surface area contributed by atoms with Crippen LogP contribution in [0.25, 0.3) is 0 Å². The lowest BCUT2D eigenvalue weighted by Crippen LogP contribution is -2.36. The molecule has 2 aromatic rings. The predicted octanol–water partition coefficient (Wildman–Crippen LogP) is 1.44. The Morgan fingerprint density at radius 1 is 1.40 bits per heavy atom. The summed E-state index contributed by atoms with van der Waals surface area (Å²) >= 11 is 0. The molecule has 0 spiro atoms. The number of hydrogen-bond donors (Lipinski definition) is 2. The minimum Gasteiger partial charge on any atom is -0.467 e. The molecule has 108 valence electrons. The number of guanidine groups is 1. The smallest absolute Gasteiger partial charge is 0.191 e. The molecule has 0 aliphatic heterocycles. The molecule has 0 atom stereocenters. The fourth-order valence-corrected chi connectivity index (χ4v) is 2.01. The molecule has 0 aliphatic carbocycles. The zero-order chi connectivity index (χ0) is 14.4. The van der Waals surface area contributed by atoms with Crippen LogP contribution < -0.4 is 10.6 Å². The van der Waals surface area contributed by atoms with E-state index in [1.807, 2.05) is 30.1 Å². The first-order valence-electron chi connectivity index (χ1n) is 6.71. The van der Waals surface area contributed by atoms with Crippen molar-refractivity contribution >= 4 is 5.96 Å². The number of nitrogens with zero attached hydrogens (tertiary/aromatic N) is 3. The summed E-state index contributed by atoms with van der Waals surface area (Å²) in [6.07, 6.45) is 4.62. The molecule has 0 amide bonds. The number of aromatic nitrogens is 2. The summed E-state index contributed by atoms with van der Waals surface area (Å²) in [4.78, 5) is 4.19. The first kappa shape index (κ1) is 14.2. The average Bonchev–Trinajstić information content (AvgIpc) is 3.08. The average molecular weight is 275 g/mol. The van der Waals surface area contributed by atoms with E-state index in [0.29, 0.717) is 13.1 Å². The van der Waals surface area contributed by atoms with Crippen molar-refractivity contribution in [3.63, 3.8) is 0 Å². The normalized spacial score (nSPS) is 11.7. The third kappa shape index (κ3) is 3.63. The summed E-state index contributed by atoms with van der Waals surface area (Å²) in [6, 6.07) is 3.80. The first-order chi connectivity index (χ1) is 9.72. The van der Waals surface area contributed by atoms with Gasteiger partial charge in [-0.2, -0.15) is 5.10 Å². The number of rotatable bonds is 5. The van der Waals surface area contributed by atoms with E-state index in [1.165, 1.54) is 5.56 Å². The Hall–Kier alpha value is -2.24. The molecule has 6 heteroatoms. The summed E-state index contributed by atoms with van der Waals surface area (Å²) in [5.74, 6) is 1.62. The van der Waals surface area contributed by atoms with Gasteiger partial charge in [0, 0.05) is 32.4 Å². The van der Waals surface area contributed by atoms with E-state index in [2.05, 4.69) is 27.6 Å². The Kier molecular flexibility index (Phi) is 4.81. The van der Waals surface area contributed by atoms with Gasteiger partial charge in [-0.1, -0.05) is 6.92 Å². The fraction of sp³-hybridized carbons (Fsp3) is 0.429. The zero-order valence-electron chi connectivity index (χ0n) is 12.2. The molecular weight excluding hydrogens is 254 g/mol. The molecule has 0 aliphatic rings. The summed E-state index contributed by atoms with van der Waals surface area (Å²) in [6.45, 7) is 3.42. The Morgan fingerprint density at radius 2 is 2.20 bits per heavy atom. The van der Waals surface area contributed by atoms with E-state index >= 15 is 0 Å². The van der Waals surface area contributed by atoms with Gasteiger partial charge >= 0.3 is 0 Å². The topological polar surface area (TPSA) is 67.4 Å². The summed E-state index contributed by atoms with van der Waals surface area (Å²) in [7, 11) is 3.69. The van der Waals surface area contributed by atoms with Crippen molar-refractivity contribution in [1.82, 2.24) is 20.4 Å². The molecule has 20 heavy (non-hydrogen) atoms. The molecule has 0 unspecified atom stereocenters. The molecule has 0 saturated carbocycles. The van der Waals surface area contributed by atoms with Crippen molar-refractivity contribution < 1.29 is 4.42 Å². The number of aryl methyl sites for hydroxylation is 2. The highest BCUT2D eigenvalue weighted by Gasteiger charge is 2.06. The molecule has 0 radical (unpaired) electrons. The van der Waals surface area contributed by atoms with Crippen LogP contribution in [0.3, 0.4) is 0 Å². The van der Waals surface area contributed by atoms with Crippen LogP contribution in [0.15, 0.2) is 34.0 Å². The maximum Gasteiger partial charge on any atom is 0.191 e. The molecule has 0 fully saturated rings. The lowest BCUT2D eigenvalue weighted by atomic mass is 10.2. The molecule has 0 bridgehead atoms. The largest absolute Gasteiger partial charge is 0.467 e. The van der Waals surface area contributed by atoms with Crippen molar-refractivity contribution in [2.75, 3.05) is 7.05 Å². The zero-order valence-corrected chi connectivity index (χ0v) is 12.2. The standard InChI is InChI=1S/C14H21N5O/c1-4-13-11(10-19(3)18-13)8-16-14(15-2)17-9-12-6-5-7-20-12/h5-7,10H,4,8-9H2,1-3H3,(H2,15,16,17). The van der Waals surface area contributed by atoms with Crippen LogP contribution in [0, 0.1) is 0 Å². The third-order valence-corrected chi connectivity index (χ3v) is 3.01. The van der Waals surface area contributed by atoms with Gasteiger partial charge in [0.1, 0.15) is 5.76 Å². The lowest BCUT2D eigenvalue weighted by Gasteiger charge is -2.10. The Bertz CT molecular complexity index is 556. The summed E-state index contributed by atoms with van der Waals surface area (Å²) in [5.41, 5.74) is 2.30. The van der Waals surface area contributed by atoms with Crippen LogP contribution in [-0.4, -0.2) is 22.8 Å². The maximum absolute atomic E-state index is 5.27. The fourth-order valence-electron chi connectivity index (χ4n) is 2.01. The van der Waals surface area contributed by atoms with E-state index in [4.69, 9.17) is 4.42 Å². The number of nitrogens with one attached hydrogen (secondary N) is 2. The van der Waals surface area contributed by atoms with Gasteiger partial charge in [-0.15, -0.1) is 0 Å². The second-order valence-electron chi connectivity index (χ2n) is 4.49. The second kappa shape index (κ2) is 6.79. The van der Waals surface area contributed by atoms with E-state index in [9.17, 15) is 0 Å². The van der Waals surface area contributed by atoms with E-state index in [0.717, 1.165) is 23.8 Å².